The highest BCUT2D eigenvalue weighted by atomic mass is 32.2. The van der Waals surface area contributed by atoms with E-state index in [0.717, 1.165) is 12.8 Å². The summed E-state index contributed by atoms with van der Waals surface area (Å²) in [6, 6.07) is 0. The van der Waals surface area contributed by atoms with E-state index in [2.05, 4.69) is 0 Å². The minimum absolute atomic E-state index is 0.563. The molecule has 1 fully saturated rings. The molecule has 0 spiro atoms. The van der Waals surface area contributed by atoms with Crippen LogP contribution in [0.2, 0.25) is 0 Å². The topological polar surface area (TPSA) is 57.6 Å². The Bertz CT molecular complexity index is 216. The summed E-state index contributed by atoms with van der Waals surface area (Å²) < 4.78 is 23.8. The van der Waals surface area contributed by atoms with E-state index in [1.165, 1.54) is 11.2 Å². The van der Waals surface area contributed by atoms with Crippen LogP contribution in [0.5, 0.6) is 0 Å². The minimum atomic E-state index is -3.39. The van der Waals surface area contributed by atoms with Gasteiger partial charge in [-0.3, -0.25) is 0 Å². The molecule has 0 aromatic rings. The molecule has 0 aromatic heterocycles. The van der Waals surface area contributed by atoms with Crippen LogP contribution in [0.1, 0.15) is 19.8 Å². The minimum Gasteiger partial charge on any atom is -0.376 e. The second-order valence-electron chi connectivity index (χ2n) is 2.75. The molecule has 0 bridgehead atoms. The first-order valence-electron chi connectivity index (χ1n) is 3.72. The quantitative estimate of drug-likeness (QED) is 0.636. The van der Waals surface area contributed by atoms with Crippen molar-refractivity contribution in [3.63, 3.8) is 0 Å². The summed E-state index contributed by atoms with van der Waals surface area (Å²) in [6.45, 7) is 2.41. The Morgan fingerprint density at radius 3 is 2.18 bits per heavy atom. The maximum atomic E-state index is 11.2. The van der Waals surface area contributed by atoms with Crippen LogP contribution in [0, 0.1) is 0 Å². The molecule has 0 radical (unpaired) electrons. The van der Waals surface area contributed by atoms with Gasteiger partial charge < -0.3 is 5.11 Å². The van der Waals surface area contributed by atoms with Crippen LogP contribution in [0.25, 0.3) is 0 Å². The molecular weight excluding hydrogens is 166 g/mol. The third-order valence-corrected chi connectivity index (χ3v) is 3.80. The third-order valence-electron chi connectivity index (χ3n) is 1.86. The second-order valence-corrected chi connectivity index (χ2v) is 4.98. The zero-order chi connectivity index (χ0) is 8.48. The van der Waals surface area contributed by atoms with E-state index < -0.39 is 15.5 Å². The SMILES string of the molecule is CC(O)S(=O)(=O)N1CCCC1. The highest BCUT2D eigenvalue weighted by Crippen LogP contribution is 2.15. The molecule has 1 saturated heterocycles. The molecule has 1 atom stereocenters. The summed E-state index contributed by atoms with van der Waals surface area (Å²) in [4.78, 5) is 0. The predicted molar refractivity (Wildman–Crippen MR) is 41.4 cm³/mol. The van der Waals surface area contributed by atoms with Crippen molar-refractivity contribution in [1.82, 2.24) is 4.31 Å². The molecule has 1 rings (SSSR count). The molecule has 11 heavy (non-hydrogen) atoms. The first-order chi connectivity index (χ1) is 5.05. The van der Waals surface area contributed by atoms with Gasteiger partial charge in [-0.15, -0.1) is 0 Å². The highest BCUT2D eigenvalue weighted by Gasteiger charge is 2.28. The first-order valence-corrected chi connectivity index (χ1v) is 5.22. The lowest BCUT2D eigenvalue weighted by molar-refractivity contribution is 0.256. The Kier molecular flexibility index (Phi) is 2.51. The average molecular weight is 179 g/mol. The van der Waals surface area contributed by atoms with Crippen molar-refractivity contribution in [3.05, 3.63) is 0 Å². The van der Waals surface area contributed by atoms with E-state index in [1.807, 2.05) is 0 Å². The smallest absolute Gasteiger partial charge is 0.240 e. The van der Waals surface area contributed by atoms with Crippen molar-refractivity contribution in [2.24, 2.45) is 0 Å². The Morgan fingerprint density at radius 1 is 1.36 bits per heavy atom. The number of nitrogens with zero attached hydrogens (tertiary/aromatic N) is 1. The molecule has 1 aliphatic rings. The van der Waals surface area contributed by atoms with Crippen LogP contribution in [0.15, 0.2) is 0 Å². The van der Waals surface area contributed by atoms with Gasteiger partial charge in [-0.1, -0.05) is 0 Å². The second kappa shape index (κ2) is 3.08. The largest absolute Gasteiger partial charge is 0.376 e. The normalized spacial score (nSPS) is 23.8. The van der Waals surface area contributed by atoms with Crippen LogP contribution in [-0.2, 0) is 10.0 Å². The molecule has 5 heteroatoms. The van der Waals surface area contributed by atoms with E-state index in [9.17, 15) is 8.42 Å². The Hall–Kier alpha value is -0.130. The zero-order valence-corrected chi connectivity index (χ0v) is 7.34. The lowest BCUT2D eigenvalue weighted by atomic mass is 10.4. The number of rotatable bonds is 2. The lowest BCUT2D eigenvalue weighted by Gasteiger charge is -2.16. The van der Waals surface area contributed by atoms with Crippen molar-refractivity contribution in [2.45, 2.75) is 25.2 Å². The van der Waals surface area contributed by atoms with Crippen molar-refractivity contribution in [1.29, 1.82) is 0 Å². The van der Waals surface area contributed by atoms with Gasteiger partial charge in [-0.25, -0.2) is 8.42 Å². The van der Waals surface area contributed by atoms with Gasteiger partial charge in [0.2, 0.25) is 10.0 Å². The Balaban J connectivity index is 2.72. The number of aliphatic hydroxyl groups is 1. The average Bonchev–Trinajstić information content (AvgIpc) is 2.37. The summed E-state index contributed by atoms with van der Waals surface area (Å²) in [6.07, 6.45) is 1.82. The molecule has 0 saturated carbocycles. The van der Waals surface area contributed by atoms with Crippen LogP contribution < -0.4 is 0 Å². The van der Waals surface area contributed by atoms with Crippen molar-refractivity contribution in [2.75, 3.05) is 13.1 Å². The van der Waals surface area contributed by atoms with E-state index in [0.29, 0.717) is 13.1 Å². The fourth-order valence-electron chi connectivity index (χ4n) is 1.16. The van der Waals surface area contributed by atoms with Crippen LogP contribution in [-0.4, -0.2) is 36.4 Å². The Labute approximate surface area is 66.9 Å². The molecule has 1 heterocycles. The van der Waals surface area contributed by atoms with Crippen molar-refractivity contribution >= 4 is 10.0 Å². The van der Waals surface area contributed by atoms with Gasteiger partial charge in [0.1, 0.15) is 0 Å². The molecule has 0 aromatic carbocycles. The van der Waals surface area contributed by atoms with Crippen molar-refractivity contribution < 1.29 is 13.5 Å². The fraction of sp³-hybridized carbons (Fsp3) is 1.00. The molecule has 1 N–H and O–H groups in total. The summed E-state index contributed by atoms with van der Waals surface area (Å²) >= 11 is 0. The standard InChI is InChI=1S/C6H13NO3S/c1-6(8)11(9,10)7-4-2-3-5-7/h6,8H,2-5H2,1H3. The van der Waals surface area contributed by atoms with Gasteiger partial charge in [0.15, 0.2) is 5.44 Å². The number of hydrogen-bond donors (Lipinski definition) is 1. The summed E-state index contributed by atoms with van der Waals surface area (Å²) in [7, 11) is -3.39. The highest BCUT2D eigenvalue weighted by molar-refractivity contribution is 7.89. The maximum absolute atomic E-state index is 11.2. The van der Waals surface area contributed by atoms with E-state index in [1.54, 1.807) is 0 Å². The van der Waals surface area contributed by atoms with Gasteiger partial charge in [-0.2, -0.15) is 4.31 Å². The zero-order valence-electron chi connectivity index (χ0n) is 6.52. The fourth-order valence-corrected chi connectivity index (χ4v) is 2.36. The van der Waals surface area contributed by atoms with Crippen LogP contribution in [0.3, 0.4) is 0 Å². The van der Waals surface area contributed by atoms with Gasteiger partial charge in [0.25, 0.3) is 0 Å². The van der Waals surface area contributed by atoms with Crippen molar-refractivity contribution in [3.8, 4) is 0 Å². The summed E-state index contributed by atoms with van der Waals surface area (Å²) in [5.41, 5.74) is -1.26. The molecule has 4 nitrogen and oxygen atoms in total. The molecule has 1 unspecified atom stereocenters. The first kappa shape index (κ1) is 8.96. The summed E-state index contributed by atoms with van der Waals surface area (Å²) in [5.74, 6) is 0. The van der Waals surface area contributed by atoms with Crippen LogP contribution >= 0.6 is 0 Å². The van der Waals surface area contributed by atoms with Crippen LogP contribution in [0.4, 0.5) is 0 Å². The number of hydrogen-bond acceptors (Lipinski definition) is 3. The lowest BCUT2D eigenvalue weighted by Crippen LogP contribution is -2.35. The predicted octanol–water partition coefficient (Wildman–Crippen LogP) is -0.250. The molecule has 0 amide bonds. The van der Waals surface area contributed by atoms with Gasteiger partial charge in [-0.05, 0) is 19.8 Å². The van der Waals surface area contributed by atoms with Gasteiger partial charge in [0, 0.05) is 13.1 Å². The third kappa shape index (κ3) is 1.72. The molecule has 0 aliphatic carbocycles. The van der Waals surface area contributed by atoms with E-state index in [4.69, 9.17) is 5.11 Å². The van der Waals surface area contributed by atoms with Gasteiger partial charge >= 0.3 is 0 Å². The Morgan fingerprint density at radius 2 is 1.82 bits per heavy atom. The van der Waals surface area contributed by atoms with Gasteiger partial charge in [0.05, 0.1) is 0 Å². The molecular formula is C6H13NO3S. The molecule has 66 valence electrons. The maximum Gasteiger partial charge on any atom is 0.240 e. The van der Waals surface area contributed by atoms with E-state index >= 15 is 0 Å². The number of aliphatic hydroxyl groups excluding tert-OH is 1. The monoisotopic (exact) mass is 179 g/mol. The summed E-state index contributed by atoms with van der Waals surface area (Å²) in [5, 5.41) is 8.91. The van der Waals surface area contributed by atoms with E-state index in [-0.39, 0.29) is 0 Å². The molecule has 1 aliphatic heterocycles. The number of sulfonamides is 1.